The van der Waals surface area contributed by atoms with E-state index in [0.717, 1.165) is 32.1 Å². The molecule has 0 aromatic rings. The standard InChI is InChI=1S/C14H29N3O/c1-3-15-14(2,12-18)11-17-8-6-16(7-9-17)10-13-4-5-13/h13,15,18H,3-12H2,1-2H3. The third-order valence-electron chi connectivity index (χ3n) is 4.20. The Bertz CT molecular complexity index is 249. The summed E-state index contributed by atoms with van der Waals surface area (Å²) >= 11 is 0. The summed E-state index contributed by atoms with van der Waals surface area (Å²) < 4.78 is 0. The molecule has 1 heterocycles. The molecular formula is C14H29N3O. The molecule has 1 saturated carbocycles. The highest BCUT2D eigenvalue weighted by Crippen LogP contribution is 2.29. The summed E-state index contributed by atoms with van der Waals surface area (Å²) in [5.41, 5.74) is -0.145. The van der Waals surface area contributed by atoms with E-state index < -0.39 is 0 Å². The maximum absolute atomic E-state index is 9.53. The zero-order valence-electron chi connectivity index (χ0n) is 12.0. The zero-order chi connectivity index (χ0) is 13.0. The Morgan fingerprint density at radius 1 is 1.17 bits per heavy atom. The van der Waals surface area contributed by atoms with Crippen LogP contribution in [0, 0.1) is 5.92 Å². The molecule has 1 aliphatic heterocycles. The van der Waals surface area contributed by atoms with Crippen molar-refractivity contribution >= 4 is 0 Å². The first-order valence-corrected chi connectivity index (χ1v) is 7.46. The third kappa shape index (κ3) is 4.19. The van der Waals surface area contributed by atoms with Crippen molar-refractivity contribution in [3.63, 3.8) is 0 Å². The molecule has 0 aromatic carbocycles. The smallest absolute Gasteiger partial charge is 0.0623 e. The van der Waals surface area contributed by atoms with Gasteiger partial charge in [0.05, 0.1) is 12.1 Å². The van der Waals surface area contributed by atoms with E-state index in [1.54, 1.807) is 0 Å². The zero-order valence-corrected chi connectivity index (χ0v) is 12.0. The highest BCUT2D eigenvalue weighted by molar-refractivity contribution is 4.88. The summed E-state index contributed by atoms with van der Waals surface area (Å²) in [6, 6.07) is 0. The number of nitrogens with one attached hydrogen (secondary N) is 1. The molecule has 2 N–H and O–H groups in total. The van der Waals surface area contributed by atoms with Gasteiger partial charge in [-0.25, -0.2) is 0 Å². The van der Waals surface area contributed by atoms with Crippen molar-refractivity contribution in [3.8, 4) is 0 Å². The second kappa shape index (κ2) is 6.33. The molecule has 1 aliphatic carbocycles. The van der Waals surface area contributed by atoms with Crippen molar-refractivity contribution < 1.29 is 5.11 Å². The van der Waals surface area contributed by atoms with Crippen molar-refractivity contribution in [2.24, 2.45) is 5.92 Å². The maximum Gasteiger partial charge on any atom is 0.0623 e. The van der Waals surface area contributed by atoms with E-state index in [1.807, 2.05) is 0 Å². The molecule has 0 spiro atoms. The minimum atomic E-state index is -0.145. The van der Waals surface area contributed by atoms with Gasteiger partial charge in [-0.05, 0) is 32.2 Å². The topological polar surface area (TPSA) is 38.7 Å². The van der Waals surface area contributed by atoms with Crippen LogP contribution in [0.25, 0.3) is 0 Å². The van der Waals surface area contributed by atoms with Gasteiger partial charge in [-0.2, -0.15) is 0 Å². The number of hydrogen-bond acceptors (Lipinski definition) is 4. The quantitative estimate of drug-likeness (QED) is 0.690. The van der Waals surface area contributed by atoms with E-state index in [2.05, 4.69) is 29.0 Å². The first kappa shape index (κ1) is 14.3. The van der Waals surface area contributed by atoms with E-state index in [-0.39, 0.29) is 12.1 Å². The number of aliphatic hydroxyl groups is 1. The summed E-state index contributed by atoms with van der Waals surface area (Å²) in [5, 5.41) is 12.9. The minimum absolute atomic E-state index is 0.145. The van der Waals surface area contributed by atoms with Gasteiger partial charge in [-0.1, -0.05) is 6.92 Å². The van der Waals surface area contributed by atoms with Crippen LogP contribution in [-0.2, 0) is 0 Å². The van der Waals surface area contributed by atoms with Crippen LogP contribution in [0.4, 0.5) is 0 Å². The van der Waals surface area contributed by atoms with E-state index in [1.165, 1.54) is 32.5 Å². The Balaban J connectivity index is 1.71. The Morgan fingerprint density at radius 2 is 1.78 bits per heavy atom. The molecule has 18 heavy (non-hydrogen) atoms. The average Bonchev–Trinajstić information content (AvgIpc) is 3.16. The van der Waals surface area contributed by atoms with Crippen LogP contribution in [-0.4, -0.2) is 72.9 Å². The lowest BCUT2D eigenvalue weighted by molar-refractivity contribution is 0.0777. The molecule has 2 aliphatic rings. The summed E-state index contributed by atoms with van der Waals surface area (Å²) in [7, 11) is 0. The fraction of sp³-hybridized carbons (Fsp3) is 1.00. The van der Waals surface area contributed by atoms with Crippen LogP contribution in [0.2, 0.25) is 0 Å². The van der Waals surface area contributed by atoms with E-state index in [0.29, 0.717) is 0 Å². The first-order chi connectivity index (χ1) is 8.65. The maximum atomic E-state index is 9.53. The van der Waals surface area contributed by atoms with E-state index in [9.17, 15) is 5.11 Å². The summed E-state index contributed by atoms with van der Waals surface area (Å²) in [4.78, 5) is 5.10. The van der Waals surface area contributed by atoms with Crippen LogP contribution in [0.3, 0.4) is 0 Å². The van der Waals surface area contributed by atoms with Crippen LogP contribution in [0.15, 0.2) is 0 Å². The van der Waals surface area contributed by atoms with Crippen LogP contribution in [0.1, 0.15) is 26.7 Å². The fourth-order valence-electron chi connectivity index (χ4n) is 2.88. The molecule has 0 radical (unpaired) electrons. The number of likely N-dealkylation sites (N-methyl/N-ethyl adjacent to an activating group) is 1. The van der Waals surface area contributed by atoms with E-state index >= 15 is 0 Å². The SMILES string of the molecule is CCNC(C)(CO)CN1CCN(CC2CC2)CC1. The monoisotopic (exact) mass is 255 g/mol. The normalized spacial score (nSPS) is 26.2. The van der Waals surface area contributed by atoms with Crippen LogP contribution in [0.5, 0.6) is 0 Å². The van der Waals surface area contributed by atoms with Gasteiger partial charge in [-0.3, -0.25) is 4.90 Å². The molecule has 4 nitrogen and oxygen atoms in total. The van der Waals surface area contributed by atoms with Crippen LogP contribution >= 0.6 is 0 Å². The van der Waals surface area contributed by atoms with Gasteiger partial charge in [0.25, 0.3) is 0 Å². The summed E-state index contributed by atoms with van der Waals surface area (Å²) in [6.45, 7) is 12.3. The van der Waals surface area contributed by atoms with Gasteiger partial charge in [0.1, 0.15) is 0 Å². The Labute approximate surface area is 111 Å². The van der Waals surface area contributed by atoms with Gasteiger partial charge in [0.15, 0.2) is 0 Å². The molecular weight excluding hydrogens is 226 g/mol. The lowest BCUT2D eigenvalue weighted by Gasteiger charge is -2.40. The van der Waals surface area contributed by atoms with Crippen molar-refractivity contribution in [2.45, 2.75) is 32.2 Å². The van der Waals surface area contributed by atoms with Crippen molar-refractivity contribution in [1.29, 1.82) is 0 Å². The lowest BCUT2D eigenvalue weighted by atomic mass is 10.0. The Hall–Kier alpha value is -0.160. The number of nitrogens with zero attached hydrogens (tertiary/aromatic N) is 2. The number of rotatable bonds is 7. The molecule has 0 bridgehead atoms. The second-order valence-electron chi connectivity index (χ2n) is 6.27. The number of aliphatic hydroxyl groups excluding tert-OH is 1. The molecule has 4 heteroatoms. The van der Waals surface area contributed by atoms with Crippen molar-refractivity contribution in [2.75, 3.05) is 52.4 Å². The van der Waals surface area contributed by atoms with E-state index in [4.69, 9.17) is 0 Å². The molecule has 106 valence electrons. The van der Waals surface area contributed by atoms with Crippen molar-refractivity contribution in [1.82, 2.24) is 15.1 Å². The predicted molar refractivity (Wildman–Crippen MR) is 74.8 cm³/mol. The highest BCUT2D eigenvalue weighted by atomic mass is 16.3. The third-order valence-corrected chi connectivity index (χ3v) is 4.20. The molecule has 0 aromatic heterocycles. The van der Waals surface area contributed by atoms with Crippen molar-refractivity contribution in [3.05, 3.63) is 0 Å². The molecule has 2 rings (SSSR count). The molecule has 2 fully saturated rings. The van der Waals surface area contributed by atoms with Gasteiger partial charge in [0, 0.05) is 39.3 Å². The Kier molecular flexibility index (Phi) is 5.01. The highest BCUT2D eigenvalue weighted by Gasteiger charge is 2.29. The van der Waals surface area contributed by atoms with Gasteiger partial charge >= 0.3 is 0 Å². The van der Waals surface area contributed by atoms with Gasteiger partial charge in [-0.15, -0.1) is 0 Å². The van der Waals surface area contributed by atoms with Gasteiger partial charge < -0.3 is 15.3 Å². The second-order valence-corrected chi connectivity index (χ2v) is 6.27. The Morgan fingerprint density at radius 3 is 2.28 bits per heavy atom. The number of hydrogen-bond donors (Lipinski definition) is 2. The molecule has 1 saturated heterocycles. The summed E-state index contributed by atoms with van der Waals surface area (Å²) in [6.07, 6.45) is 2.90. The molecule has 1 unspecified atom stereocenters. The fourth-order valence-corrected chi connectivity index (χ4v) is 2.88. The molecule has 1 atom stereocenters. The molecule has 0 amide bonds. The predicted octanol–water partition coefficient (Wildman–Crippen LogP) is 0.375. The average molecular weight is 255 g/mol. The minimum Gasteiger partial charge on any atom is -0.394 e. The first-order valence-electron chi connectivity index (χ1n) is 7.46. The lowest BCUT2D eigenvalue weighted by Crippen LogP contribution is -2.57. The summed E-state index contributed by atoms with van der Waals surface area (Å²) in [5.74, 6) is 1.00. The van der Waals surface area contributed by atoms with Gasteiger partial charge in [0.2, 0.25) is 0 Å². The number of piperazine rings is 1. The van der Waals surface area contributed by atoms with Crippen LogP contribution < -0.4 is 5.32 Å². The largest absolute Gasteiger partial charge is 0.394 e.